The Hall–Kier alpha value is -1.06. The molecule has 112 valence electrons. The van der Waals surface area contributed by atoms with Crippen LogP contribution in [-0.2, 0) is 0 Å². The molecular formula is C17H27NO2. The predicted molar refractivity (Wildman–Crippen MR) is 82.1 cm³/mol. The van der Waals surface area contributed by atoms with Gasteiger partial charge in [0.15, 0.2) is 0 Å². The molecule has 20 heavy (non-hydrogen) atoms. The number of rotatable bonds is 5. The maximum absolute atomic E-state index is 10.4. The molecule has 1 heterocycles. The molecule has 1 N–H and O–H groups in total. The Morgan fingerprint density at radius 1 is 1.20 bits per heavy atom. The third-order valence-corrected chi connectivity index (χ3v) is 4.34. The van der Waals surface area contributed by atoms with Crippen molar-refractivity contribution in [2.75, 3.05) is 13.2 Å². The third-order valence-electron chi connectivity index (χ3n) is 4.34. The van der Waals surface area contributed by atoms with Crippen LogP contribution in [0.15, 0.2) is 24.3 Å². The van der Waals surface area contributed by atoms with Crippen LogP contribution in [0.2, 0.25) is 0 Å². The Labute approximate surface area is 122 Å². The van der Waals surface area contributed by atoms with Gasteiger partial charge in [-0.05, 0) is 51.3 Å². The summed E-state index contributed by atoms with van der Waals surface area (Å²) in [6.45, 7) is 7.89. The number of hydrogen-bond donors (Lipinski definition) is 1. The maximum Gasteiger partial charge on any atom is 0.119 e. The van der Waals surface area contributed by atoms with Crippen molar-refractivity contribution < 1.29 is 9.84 Å². The molecule has 1 saturated heterocycles. The van der Waals surface area contributed by atoms with Crippen LogP contribution in [0.5, 0.6) is 5.75 Å². The fourth-order valence-corrected chi connectivity index (χ4v) is 3.09. The van der Waals surface area contributed by atoms with Gasteiger partial charge in [-0.15, -0.1) is 0 Å². The minimum Gasteiger partial charge on any atom is -0.494 e. The molecule has 3 heteroatoms. The molecule has 1 aromatic carbocycles. The van der Waals surface area contributed by atoms with Gasteiger partial charge in [0.05, 0.1) is 12.7 Å². The highest BCUT2D eigenvalue weighted by molar-refractivity contribution is 5.28. The second-order valence-electron chi connectivity index (χ2n) is 5.84. The molecular weight excluding hydrogens is 250 g/mol. The number of aliphatic hydroxyl groups excluding tert-OH is 1. The molecule has 0 aliphatic carbocycles. The van der Waals surface area contributed by atoms with Crippen molar-refractivity contribution in [1.82, 2.24) is 4.90 Å². The van der Waals surface area contributed by atoms with Crippen LogP contribution in [0.4, 0.5) is 0 Å². The fourth-order valence-electron chi connectivity index (χ4n) is 3.09. The van der Waals surface area contributed by atoms with Gasteiger partial charge in [-0.3, -0.25) is 4.90 Å². The van der Waals surface area contributed by atoms with Crippen molar-refractivity contribution in [3.8, 4) is 5.75 Å². The molecule has 0 aromatic heterocycles. The Bertz CT molecular complexity index is 394. The summed E-state index contributed by atoms with van der Waals surface area (Å²) in [6, 6.07) is 8.94. The molecule has 1 aromatic rings. The second-order valence-corrected chi connectivity index (χ2v) is 5.84. The normalized spacial score (nSPS) is 25.4. The molecule has 0 amide bonds. The van der Waals surface area contributed by atoms with Crippen LogP contribution < -0.4 is 4.74 Å². The SMILES string of the molecule is CCOc1ccc(C(O)CN2[C@H](C)CCC[C@@H]2C)cc1. The summed E-state index contributed by atoms with van der Waals surface area (Å²) >= 11 is 0. The van der Waals surface area contributed by atoms with Crippen LogP contribution >= 0.6 is 0 Å². The number of benzene rings is 1. The van der Waals surface area contributed by atoms with Crippen LogP contribution in [-0.4, -0.2) is 35.2 Å². The average Bonchev–Trinajstić information content (AvgIpc) is 2.44. The molecule has 0 saturated carbocycles. The van der Waals surface area contributed by atoms with Crippen molar-refractivity contribution in [2.45, 2.75) is 58.2 Å². The molecule has 1 aliphatic rings. The van der Waals surface area contributed by atoms with E-state index < -0.39 is 6.10 Å². The predicted octanol–water partition coefficient (Wildman–Crippen LogP) is 3.38. The molecule has 2 rings (SSSR count). The van der Waals surface area contributed by atoms with Gasteiger partial charge < -0.3 is 9.84 Å². The average molecular weight is 277 g/mol. The van der Waals surface area contributed by atoms with E-state index >= 15 is 0 Å². The molecule has 1 fully saturated rings. The first kappa shape index (κ1) is 15.3. The minimum atomic E-state index is -0.423. The Morgan fingerprint density at radius 3 is 2.35 bits per heavy atom. The molecule has 0 spiro atoms. The van der Waals surface area contributed by atoms with Crippen molar-refractivity contribution in [3.05, 3.63) is 29.8 Å². The first-order valence-corrected chi connectivity index (χ1v) is 7.78. The van der Waals surface area contributed by atoms with Crippen LogP contribution in [0, 0.1) is 0 Å². The van der Waals surface area contributed by atoms with Gasteiger partial charge in [-0.2, -0.15) is 0 Å². The van der Waals surface area contributed by atoms with Gasteiger partial charge in [0.2, 0.25) is 0 Å². The van der Waals surface area contributed by atoms with Crippen LogP contribution in [0.25, 0.3) is 0 Å². The third kappa shape index (κ3) is 3.74. The smallest absolute Gasteiger partial charge is 0.119 e. The molecule has 3 atom stereocenters. The zero-order valence-electron chi connectivity index (χ0n) is 12.9. The minimum absolute atomic E-state index is 0.423. The van der Waals surface area contributed by atoms with Gasteiger partial charge in [-0.1, -0.05) is 18.6 Å². The summed E-state index contributed by atoms with van der Waals surface area (Å²) < 4.78 is 5.43. The van der Waals surface area contributed by atoms with E-state index in [0.717, 1.165) is 17.9 Å². The van der Waals surface area contributed by atoms with E-state index in [4.69, 9.17) is 4.74 Å². The highest BCUT2D eigenvalue weighted by Crippen LogP contribution is 2.26. The Morgan fingerprint density at radius 2 is 1.80 bits per heavy atom. The summed E-state index contributed by atoms with van der Waals surface area (Å²) in [5, 5.41) is 10.4. The summed E-state index contributed by atoms with van der Waals surface area (Å²) in [5.74, 6) is 0.864. The maximum atomic E-state index is 10.4. The van der Waals surface area contributed by atoms with E-state index in [2.05, 4.69) is 18.7 Å². The number of piperidine rings is 1. The van der Waals surface area contributed by atoms with E-state index in [9.17, 15) is 5.11 Å². The highest BCUT2D eigenvalue weighted by Gasteiger charge is 2.26. The topological polar surface area (TPSA) is 32.7 Å². The summed E-state index contributed by atoms with van der Waals surface area (Å²) in [7, 11) is 0. The van der Waals surface area contributed by atoms with E-state index in [-0.39, 0.29) is 0 Å². The van der Waals surface area contributed by atoms with Crippen LogP contribution in [0.3, 0.4) is 0 Å². The standard InChI is InChI=1S/C17H27NO2/c1-4-20-16-10-8-15(9-11-16)17(19)12-18-13(2)6-5-7-14(18)3/h8-11,13-14,17,19H,4-7,12H2,1-3H3/t13-,14+,17?. The van der Waals surface area contributed by atoms with Crippen LogP contribution in [0.1, 0.15) is 51.7 Å². The zero-order valence-corrected chi connectivity index (χ0v) is 12.9. The van der Waals surface area contributed by atoms with Gasteiger partial charge in [0.1, 0.15) is 5.75 Å². The number of β-amino-alcohol motifs (C(OH)–C–C–N with tert-alkyl or cyclic N) is 1. The lowest BCUT2D eigenvalue weighted by atomic mass is 9.96. The van der Waals surface area contributed by atoms with Gasteiger partial charge in [-0.25, -0.2) is 0 Å². The lowest BCUT2D eigenvalue weighted by Gasteiger charge is -2.40. The fraction of sp³-hybridized carbons (Fsp3) is 0.647. The lowest BCUT2D eigenvalue weighted by Crippen LogP contribution is -2.45. The van der Waals surface area contributed by atoms with E-state index in [1.165, 1.54) is 19.3 Å². The first-order chi connectivity index (χ1) is 9.61. The first-order valence-electron chi connectivity index (χ1n) is 7.78. The van der Waals surface area contributed by atoms with Crippen molar-refractivity contribution in [1.29, 1.82) is 0 Å². The van der Waals surface area contributed by atoms with E-state index in [1.807, 2.05) is 31.2 Å². The largest absolute Gasteiger partial charge is 0.494 e. The van der Waals surface area contributed by atoms with E-state index in [0.29, 0.717) is 18.7 Å². The zero-order chi connectivity index (χ0) is 14.5. The monoisotopic (exact) mass is 277 g/mol. The molecule has 0 radical (unpaired) electrons. The van der Waals surface area contributed by atoms with E-state index in [1.54, 1.807) is 0 Å². The highest BCUT2D eigenvalue weighted by atomic mass is 16.5. The number of ether oxygens (including phenoxy) is 1. The number of nitrogens with zero attached hydrogens (tertiary/aromatic N) is 1. The molecule has 1 aliphatic heterocycles. The van der Waals surface area contributed by atoms with Crippen molar-refractivity contribution in [2.24, 2.45) is 0 Å². The summed E-state index contributed by atoms with van der Waals surface area (Å²) in [4.78, 5) is 2.44. The van der Waals surface area contributed by atoms with Gasteiger partial charge in [0.25, 0.3) is 0 Å². The van der Waals surface area contributed by atoms with Crippen molar-refractivity contribution in [3.63, 3.8) is 0 Å². The molecule has 0 bridgehead atoms. The summed E-state index contributed by atoms with van der Waals surface area (Å²) in [6.07, 6.45) is 3.35. The summed E-state index contributed by atoms with van der Waals surface area (Å²) in [5.41, 5.74) is 0.971. The molecule has 1 unspecified atom stereocenters. The second kappa shape index (κ2) is 7.09. The number of likely N-dealkylation sites (tertiary alicyclic amines) is 1. The molecule has 3 nitrogen and oxygen atoms in total. The van der Waals surface area contributed by atoms with Gasteiger partial charge >= 0.3 is 0 Å². The number of hydrogen-bond acceptors (Lipinski definition) is 3. The lowest BCUT2D eigenvalue weighted by molar-refractivity contribution is 0.0411. The quantitative estimate of drug-likeness (QED) is 0.895. The van der Waals surface area contributed by atoms with Crippen molar-refractivity contribution >= 4 is 0 Å². The Balaban J connectivity index is 1.98. The number of aliphatic hydroxyl groups is 1. The Kier molecular flexibility index (Phi) is 5.44. The van der Waals surface area contributed by atoms with Gasteiger partial charge in [0, 0.05) is 18.6 Å².